The quantitative estimate of drug-likeness (QED) is 0.296. The van der Waals surface area contributed by atoms with Gasteiger partial charge in [-0.3, -0.25) is 19.8 Å². The van der Waals surface area contributed by atoms with Gasteiger partial charge in [-0.05, 0) is 66.3 Å². The lowest BCUT2D eigenvalue weighted by atomic mass is 10.1. The summed E-state index contributed by atoms with van der Waals surface area (Å²) in [7, 11) is 1.54. The molecule has 0 unspecified atom stereocenters. The van der Waals surface area contributed by atoms with E-state index < -0.39 is 17.8 Å². The fraction of sp³-hybridized carbons (Fsp3) is 0.0769. The zero-order chi connectivity index (χ0) is 24.9. The van der Waals surface area contributed by atoms with E-state index in [1.54, 1.807) is 60.7 Å². The lowest BCUT2D eigenvalue weighted by Crippen LogP contribution is -2.54. The SMILES string of the molecule is COc1ccc(N2C(=O)/C(=C\c3ccccc3OCc3ccc(C(=O)O)cc3)C(=O)NC2=S)cc1. The number of benzene rings is 3. The smallest absolute Gasteiger partial charge is 0.335 e. The van der Waals surface area contributed by atoms with Crippen LogP contribution in [0.5, 0.6) is 11.5 Å². The topological polar surface area (TPSA) is 105 Å². The highest BCUT2D eigenvalue weighted by atomic mass is 32.1. The van der Waals surface area contributed by atoms with Gasteiger partial charge in [0.1, 0.15) is 23.7 Å². The van der Waals surface area contributed by atoms with Crippen molar-refractivity contribution in [3.63, 3.8) is 0 Å². The number of anilines is 1. The monoisotopic (exact) mass is 488 g/mol. The highest BCUT2D eigenvalue weighted by Crippen LogP contribution is 2.27. The van der Waals surface area contributed by atoms with Gasteiger partial charge in [0.15, 0.2) is 5.11 Å². The van der Waals surface area contributed by atoms with E-state index in [0.29, 0.717) is 22.7 Å². The lowest BCUT2D eigenvalue weighted by molar-refractivity contribution is -0.122. The summed E-state index contributed by atoms with van der Waals surface area (Å²) in [5.41, 5.74) is 1.85. The van der Waals surface area contributed by atoms with Crippen LogP contribution in [0.1, 0.15) is 21.5 Å². The molecule has 0 radical (unpaired) electrons. The van der Waals surface area contributed by atoms with Crippen molar-refractivity contribution in [3.8, 4) is 11.5 Å². The molecular weight excluding hydrogens is 468 g/mol. The molecule has 1 saturated heterocycles. The number of amides is 2. The molecule has 8 nitrogen and oxygen atoms in total. The zero-order valence-corrected chi connectivity index (χ0v) is 19.4. The van der Waals surface area contributed by atoms with Crippen LogP contribution in [-0.2, 0) is 16.2 Å². The summed E-state index contributed by atoms with van der Waals surface area (Å²) < 4.78 is 11.1. The zero-order valence-electron chi connectivity index (χ0n) is 18.6. The summed E-state index contributed by atoms with van der Waals surface area (Å²) >= 11 is 5.24. The number of hydrogen-bond acceptors (Lipinski definition) is 6. The Bertz CT molecular complexity index is 1330. The molecule has 0 bridgehead atoms. The molecule has 176 valence electrons. The molecule has 1 fully saturated rings. The van der Waals surface area contributed by atoms with Crippen LogP contribution in [0.25, 0.3) is 6.08 Å². The van der Waals surface area contributed by atoms with Crippen LogP contribution in [0.15, 0.2) is 78.4 Å². The van der Waals surface area contributed by atoms with E-state index in [-0.39, 0.29) is 22.9 Å². The Kier molecular flexibility index (Phi) is 6.88. The molecule has 0 aliphatic carbocycles. The van der Waals surface area contributed by atoms with Crippen molar-refractivity contribution < 1.29 is 29.0 Å². The molecule has 1 aliphatic rings. The summed E-state index contributed by atoms with van der Waals surface area (Å²) in [6.45, 7) is 0.169. The molecule has 9 heteroatoms. The van der Waals surface area contributed by atoms with Crippen LogP contribution in [-0.4, -0.2) is 35.1 Å². The largest absolute Gasteiger partial charge is 0.497 e. The first kappa shape index (κ1) is 23.7. The van der Waals surface area contributed by atoms with Crippen molar-refractivity contribution in [1.82, 2.24) is 5.32 Å². The van der Waals surface area contributed by atoms with Crippen LogP contribution in [0, 0.1) is 0 Å². The van der Waals surface area contributed by atoms with Crippen molar-refractivity contribution in [3.05, 3.63) is 95.1 Å². The first-order valence-electron chi connectivity index (χ1n) is 10.5. The number of carboxylic acid groups (broad SMARTS) is 1. The van der Waals surface area contributed by atoms with Gasteiger partial charge in [-0.1, -0.05) is 30.3 Å². The van der Waals surface area contributed by atoms with Gasteiger partial charge < -0.3 is 14.6 Å². The maximum absolute atomic E-state index is 13.3. The van der Waals surface area contributed by atoms with E-state index >= 15 is 0 Å². The second-order valence-electron chi connectivity index (χ2n) is 7.48. The molecule has 35 heavy (non-hydrogen) atoms. The second kappa shape index (κ2) is 10.2. The number of nitrogens with zero attached hydrogens (tertiary/aromatic N) is 1. The Balaban J connectivity index is 1.59. The van der Waals surface area contributed by atoms with Crippen LogP contribution >= 0.6 is 12.2 Å². The average molecular weight is 489 g/mol. The van der Waals surface area contributed by atoms with E-state index in [0.717, 1.165) is 5.56 Å². The highest BCUT2D eigenvalue weighted by molar-refractivity contribution is 7.80. The predicted octanol–water partition coefficient (Wildman–Crippen LogP) is 3.80. The normalized spacial score (nSPS) is 14.6. The number of carbonyl (C=O) groups excluding carboxylic acids is 2. The van der Waals surface area contributed by atoms with E-state index in [1.165, 1.54) is 30.2 Å². The Hall–Kier alpha value is -4.50. The standard InChI is InChI=1S/C26H20N2O6S/c1-33-20-12-10-19(11-13-20)28-24(30)21(23(29)27-26(28)35)14-18-4-2-3-5-22(18)34-15-16-6-8-17(9-7-16)25(31)32/h2-14H,15H2,1H3,(H,31,32)(H,27,29,35)/b21-14-. The van der Waals surface area contributed by atoms with Gasteiger partial charge in [-0.2, -0.15) is 0 Å². The summed E-state index contributed by atoms with van der Waals surface area (Å²) in [6, 6.07) is 20.0. The maximum Gasteiger partial charge on any atom is 0.335 e. The van der Waals surface area contributed by atoms with Gasteiger partial charge in [-0.25, -0.2) is 4.79 Å². The molecule has 3 aromatic rings. The number of carbonyl (C=O) groups is 3. The van der Waals surface area contributed by atoms with Crippen LogP contribution in [0.3, 0.4) is 0 Å². The molecular formula is C26H20N2O6S. The van der Waals surface area contributed by atoms with Crippen molar-refractivity contribution >= 4 is 46.9 Å². The van der Waals surface area contributed by atoms with Crippen molar-refractivity contribution in [2.75, 3.05) is 12.0 Å². The van der Waals surface area contributed by atoms with Crippen LogP contribution < -0.4 is 19.7 Å². The predicted molar refractivity (Wildman–Crippen MR) is 133 cm³/mol. The van der Waals surface area contributed by atoms with E-state index in [9.17, 15) is 14.4 Å². The van der Waals surface area contributed by atoms with Crippen molar-refractivity contribution in [1.29, 1.82) is 0 Å². The van der Waals surface area contributed by atoms with Gasteiger partial charge in [0.25, 0.3) is 11.8 Å². The first-order chi connectivity index (χ1) is 16.9. The van der Waals surface area contributed by atoms with Gasteiger partial charge in [-0.15, -0.1) is 0 Å². The van der Waals surface area contributed by atoms with Gasteiger partial charge in [0.2, 0.25) is 0 Å². The Morgan fingerprint density at radius 3 is 2.37 bits per heavy atom. The lowest BCUT2D eigenvalue weighted by Gasteiger charge is -2.29. The second-order valence-corrected chi connectivity index (χ2v) is 7.87. The minimum atomic E-state index is -1.01. The number of nitrogens with one attached hydrogen (secondary N) is 1. The molecule has 4 rings (SSSR count). The Morgan fingerprint density at radius 1 is 1.03 bits per heavy atom. The summed E-state index contributed by atoms with van der Waals surface area (Å²) in [6.07, 6.45) is 1.46. The van der Waals surface area contributed by atoms with Crippen LogP contribution in [0.4, 0.5) is 5.69 Å². The molecule has 0 spiro atoms. The van der Waals surface area contributed by atoms with Gasteiger partial charge in [0, 0.05) is 5.56 Å². The average Bonchev–Trinajstić information content (AvgIpc) is 2.86. The number of hydrogen-bond donors (Lipinski definition) is 2. The van der Waals surface area contributed by atoms with E-state index in [1.807, 2.05) is 0 Å². The molecule has 0 atom stereocenters. The minimum Gasteiger partial charge on any atom is -0.497 e. The number of aromatic carboxylic acids is 1. The van der Waals surface area contributed by atoms with Crippen molar-refractivity contribution in [2.45, 2.75) is 6.61 Å². The maximum atomic E-state index is 13.3. The molecule has 0 aromatic heterocycles. The minimum absolute atomic E-state index is 0.0170. The third-order valence-electron chi connectivity index (χ3n) is 5.25. The van der Waals surface area contributed by atoms with E-state index in [2.05, 4.69) is 5.32 Å². The fourth-order valence-electron chi connectivity index (χ4n) is 3.41. The first-order valence-corrected chi connectivity index (χ1v) is 10.9. The van der Waals surface area contributed by atoms with Gasteiger partial charge in [0.05, 0.1) is 18.4 Å². The molecule has 3 aromatic carbocycles. The third kappa shape index (κ3) is 5.20. The third-order valence-corrected chi connectivity index (χ3v) is 5.53. The number of ether oxygens (including phenoxy) is 2. The van der Waals surface area contributed by atoms with Crippen molar-refractivity contribution in [2.24, 2.45) is 0 Å². The van der Waals surface area contributed by atoms with E-state index in [4.69, 9.17) is 26.8 Å². The fourth-order valence-corrected chi connectivity index (χ4v) is 3.70. The molecule has 1 heterocycles. The van der Waals surface area contributed by atoms with Gasteiger partial charge >= 0.3 is 5.97 Å². The molecule has 1 aliphatic heterocycles. The summed E-state index contributed by atoms with van der Waals surface area (Å²) in [5, 5.41) is 11.6. The Morgan fingerprint density at radius 2 is 1.71 bits per heavy atom. The molecule has 0 saturated carbocycles. The highest BCUT2D eigenvalue weighted by Gasteiger charge is 2.34. The number of rotatable bonds is 7. The summed E-state index contributed by atoms with van der Waals surface area (Å²) in [5.74, 6) is -1.11. The summed E-state index contributed by atoms with van der Waals surface area (Å²) in [4.78, 5) is 38.2. The molecule has 2 amide bonds. The Labute approximate surface area is 206 Å². The number of thiocarbonyl (C=S) groups is 1. The van der Waals surface area contributed by atoms with Crippen LogP contribution in [0.2, 0.25) is 0 Å². The number of methoxy groups -OCH3 is 1. The number of carboxylic acids is 1. The number of para-hydroxylation sites is 1. The molecule has 2 N–H and O–H groups in total.